The van der Waals surface area contributed by atoms with Crippen molar-refractivity contribution in [2.45, 2.75) is 26.3 Å². The Morgan fingerprint density at radius 1 is 1.29 bits per heavy atom. The van der Waals surface area contributed by atoms with Crippen LogP contribution in [0, 0.1) is 0 Å². The molecule has 1 atom stereocenters. The molecule has 0 aliphatic heterocycles. The zero-order valence-corrected chi connectivity index (χ0v) is 13.4. The summed E-state index contributed by atoms with van der Waals surface area (Å²) in [5.74, 6) is 1.72. The van der Waals surface area contributed by atoms with Gasteiger partial charge in [-0.3, -0.25) is 0 Å². The van der Waals surface area contributed by atoms with Crippen molar-refractivity contribution >= 4 is 23.2 Å². The van der Waals surface area contributed by atoms with Gasteiger partial charge in [-0.1, -0.05) is 36.7 Å². The maximum Gasteiger partial charge on any atom is 0.134 e. The van der Waals surface area contributed by atoms with Gasteiger partial charge in [0, 0.05) is 24.7 Å². The van der Waals surface area contributed by atoms with Gasteiger partial charge in [0.05, 0.1) is 6.04 Å². The molecular formula is C16H21ClN4. The second kappa shape index (κ2) is 7.27. The highest BCUT2D eigenvalue weighted by Crippen LogP contribution is 2.29. The predicted octanol–water partition coefficient (Wildman–Crippen LogP) is 4.15. The Morgan fingerprint density at radius 3 is 2.76 bits per heavy atom. The van der Waals surface area contributed by atoms with E-state index in [1.165, 1.54) is 0 Å². The van der Waals surface area contributed by atoms with Crippen molar-refractivity contribution in [3.63, 3.8) is 0 Å². The van der Waals surface area contributed by atoms with E-state index in [4.69, 9.17) is 11.6 Å². The first-order valence-electron chi connectivity index (χ1n) is 7.16. The second-order valence-electron chi connectivity index (χ2n) is 5.00. The molecule has 1 aromatic heterocycles. The van der Waals surface area contributed by atoms with Crippen molar-refractivity contribution in [3.8, 4) is 0 Å². The molecule has 2 aromatic rings. The highest BCUT2D eigenvalue weighted by molar-refractivity contribution is 6.31. The molecule has 0 saturated heterocycles. The number of hydrogen-bond donors (Lipinski definition) is 1. The third-order valence-corrected chi connectivity index (χ3v) is 3.85. The van der Waals surface area contributed by atoms with Crippen molar-refractivity contribution in [2.75, 3.05) is 23.8 Å². The molecule has 5 heteroatoms. The summed E-state index contributed by atoms with van der Waals surface area (Å²) < 4.78 is 0. The molecule has 0 aliphatic rings. The Kier molecular flexibility index (Phi) is 5.39. The van der Waals surface area contributed by atoms with Crippen LogP contribution in [0.3, 0.4) is 0 Å². The standard InChI is InChI=1S/C16H21ClN4/c1-4-9-18-15-10-16(20-11-19-15)21(3)12(2)13-7-5-6-8-14(13)17/h5-8,10-12H,4,9H2,1-3H3,(H,18,19,20). The molecule has 21 heavy (non-hydrogen) atoms. The zero-order chi connectivity index (χ0) is 15.2. The molecule has 2 rings (SSSR count). The second-order valence-corrected chi connectivity index (χ2v) is 5.40. The quantitative estimate of drug-likeness (QED) is 0.870. The maximum absolute atomic E-state index is 6.28. The van der Waals surface area contributed by atoms with Crippen molar-refractivity contribution in [1.29, 1.82) is 0 Å². The lowest BCUT2D eigenvalue weighted by molar-refractivity contribution is 0.727. The molecule has 0 fully saturated rings. The van der Waals surface area contributed by atoms with E-state index in [1.54, 1.807) is 6.33 Å². The number of nitrogens with one attached hydrogen (secondary N) is 1. The van der Waals surface area contributed by atoms with Crippen LogP contribution in [0.1, 0.15) is 31.9 Å². The van der Waals surface area contributed by atoms with Gasteiger partial charge in [-0.25, -0.2) is 9.97 Å². The molecule has 1 aromatic carbocycles. The van der Waals surface area contributed by atoms with Crippen molar-refractivity contribution in [1.82, 2.24) is 9.97 Å². The van der Waals surface area contributed by atoms with E-state index >= 15 is 0 Å². The van der Waals surface area contributed by atoms with E-state index in [2.05, 4.69) is 34.0 Å². The molecule has 0 saturated carbocycles. The summed E-state index contributed by atoms with van der Waals surface area (Å²) in [5.41, 5.74) is 1.09. The van der Waals surface area contributed by atoms with Crippen molar-refractivity contribution in [2.24, 2.45) is 0 Å². The van der Waals surface area contributed by atoms with Crippen LogP contribution in [-0.2, 0) is 0 Å². The van der Waals surface area contributed by atoms with E-state index in [0.29, 0.717) is 0 Å². The molecule has 0 radical (unpaired) electrons. The van der Waals surface area contributed by atoms with Gasteiger partial charge in [0.2, 0.25) is 0 Å². The highest BCUT2D eigenvalue weighted by atomic mass is 35.5. The van der Waals surface area contributed by atoms with Gasteiger partial charge < -0.3 is 10.2 Å². The minimum atomic E-state index is 0.132. The van der Waals surface area contributed by atoms with Gasteiger partial charge in [0.15, 0.2) is 0 Å². The van der Waals surface area contributed by atoms with E-state index < -0.39 is 0 Å². The lowest BCUT2D eigenvalue weighted by Gasteiger charge is -2.27. The fraction of sp³-hybridized carbons (Fsp3) is 0.375. The Bertz CT molecular complexity index is 588. The fourth-order valence-corrected chi connectivity index (χ4v) is 2.40. The molecular weight excluding hydrogens is 284 g/mol. The Hall–Kier alpha value is -1.81. The van der Waals surface area contributed by atoms with E-state index in [-0.39, 0.29) is 6.04 Å². The Labute approximate surface area is 131 Å². The van der Waals surface area contributed by atoms with Gasteiger partial charge >= 0.3 is 0 Å². The average molecular weight is 305 g/mol. The van der Waals surface area contributed by atoms with Gasteiger partial charge in [0.25, 0.3) is 0 Å². The molecule has 0 aliphatic carbocycles. The summed E-state index contributed by atoms with van der Waals surface area (Å²) >= 11 is 6.28. The summed E-state index contributed by atoms with van der Waals surface area (Å²) in [7, 11) is 2.01. The molecule has 0 amide bonds. The summed E-state index contributed by atoms with van der Waals surface area (Å²) in [6.45, 7) is 5.14. The number of benzene rings is 1. The lowest BCUT2D eigenvalue weighted by atomic mass is 10.1. The van der Waals surface area contributed by atoms with Crippen molar-refractivity contribution in [3.05, 3.63) is 47.2 Å². The van der Waals surface area contributed by atoms with Crippen LogP contribution < -0.4 is 10.2 Å². The molecule has 0 spiro atoms. The average Bonchev–Trinajstić information content (AvgIpc) is 2.52. The normalized spacial score (nSPS) is 12.0. The molecule has 112 valence electrons. The summed E-state index contributed by atoms with van der Waals surface area (Å²) in [5, 5.41) is 4.05. The highest BCUT2D eigenvalue weighted by Gasteiger charge is 2.16. The lowest BCUT2D eigenvalue weighted by Crippen LogP contribution is -2.23. The van der Waals surface area contributed by atoms with Crippen molar-refractivity contribution < 1.29 is 0 Å². The van der Waals surface area contributed by atoms with Crippen LogP contribution >= 0.6 is 11.6 Å². The van der Waals surface area contributed by atoms with Crippen LogP contribution in [0.15, 0.2) is 36.7 Å². The van der Waals surface area contributed by atoms with E-state index in [1.807, 2.05) is 37.4 Å². The minimum absolute atomic E-state index is 0.132. The summed E-state index contributed by atoms with van der Waals surface area (Å²) in [6, 6.07) is 9.99. The van der Waals surface area contributed by atoms with Gasteiger partial charge in [0.1, 0.15) is 18.0 Å². The van der Waals surface area contributed by atoms with E-state index in [9.17, 15) is 0 Å². The number of anilines is 2. The van der Waals surface area contributed by atoms with Gasteiger partial charge in [-0.2, -0.15) is 0 Å². The number of rotatable bonds is 6. The van der Waals surface area contributed by atoms with E-state index in [0.717, 1.165) is 35.2 Å². The number of halogens is 1. The Morgan fingerprint density at radius 2 is 2.05 bits per heavy atom. The van der Waals surface area contributed by atoms with Crippen LogP contribution in [0.25, 0.3) is 0 Å². The van der Waals surface area contributed by atoms with Crippen LogP contribution in [0.5, 0.6) is 0 Å². The summed E-state index contributed by atoms with van der Waals surface area (Å²) in [4.78, 5) is 10.7. The summed E-state index contributed by atoms with van der Waals surface area (Å²) in [6.07, 6.45) is 2.65. The van der Waals surface area contributed by atoms with Gasteiger partial charge in [-0.05, 0) is 25.0 Å². The predicted molar refractivity (Wildman–Crippen MR) is 89.1 cm³/mol. The molecule has 1 N–H and O–H groups in total. The van der Waals surface area contributed by atoms with Gasteiger partial charge in [-0.15, -0.1) is 0 Å². The largest absolute Gasteiger partial charge is 0.370 e. The molecule has 1 heterocycles. The number of hydrogen-bond acceptors (Lipinski definition) is 4. The first-order valence-corrected chi connectivity index (χ1v) is 7.54. The first kappa shape index (κ1) is 15.6. The third-order valence-electron chi connectivity index (χ3n) is 3.51. The topological polar surface area (TPSA) is 41.0 Å². The molecule has 0 bridgehead atoms. The minimum Gasteiger partial charge on any atom is -0.370 e. The fourth-order valence-electron chi connectivity index (χ4n) is 2.11. The zero-order valence-electron chi connectivity index (χ0n) is 12.7. The third kappa shape index (κ3) is 3.85. The number of nitrogens with zero attached hydrogens (tertiary/aromatic N) is 3. The van der Waals surface area contributed by atoms with Crippen LogP contribution in [-0.4, -0.2) is 23.6 Å². The monoisotopic (exact) mass is 304 g/mol. The van der Waals surface area contributed by atoms with Crippen LogP contribution in [0.2, 0.25) is 5.02 Å². The molecule has 4 nitrogen and oxygen atoms in total. The maximum atomic E-state index is 6.28. The SMILES string of the molecule is CCCNc1cc(N(C)C(C)c2ccccc2Cl)ncn1. The smallest absolute Gasteiger partial charge is 0.134 e. The Balaban J connectivity index is 2.19. The van der Waals surface area contributed by atoms with Crippen LogP contribution in [0.4, 0.5) is 11.6 Å². The molecule has 1 unspecified atom stereocenters. The number of aromatic nitrogens is 2. The first-order chi connectivity index (χ1) is 10.1.